The molecule has 0 saturated heterocycles. The van der Waals surface area contributed by atoms with Crippen molar-refractivity contribution in [2.75, 3.05) is 13.1 Å². The monoisotopic (exact) mass is 310 g/mol. The molecule has 6 nitrogen and oxygen atoms in total. The third-order valence-corrected chi connectivity index (χ3v) is 3.19. The lowest BCUT2D eigenvalue weighted by atomic mass is 10.2. The van der Waals surface area contributed by atoms with E-state index in [0.29, 0.717) is 13.1 Å². The summed E-state index contributed by atoms with van der Waals surface area (Å²) >= 11 is 0. The number of amides is 1. The predicted molar refractivity (Wildman–Crippen MR) is 87.7 cm³/mol. The minimum Gasteiger partial charge on any atom is -0.444 e. The van der Waals surface area contributed by atoms with Crippen LogP contribution in [0.5, 0.6) is 0 Å². The van der Waals surface area contributed by atoms with Crippen molar-refractivity contribution in [3.05, 3.63) is 18.0 Å². The third-order valence-electron chi connectivity index (χ3n) is 3.19. The molecule has 1 N–H and O–H groups in total. The van der Waals surface area contributed by atoms with E-state index in [1.54, 1.807) is 4.90 Å². The van der Waals surface area contributed by atoms with Gasteiger partial charge in [-0.2, -0.15) is 5.10 Å². The Kier molecular flexibility index (Phi) is 6.87. The fraction of sp³-hybridized carbons (Fsp3) is 0.750. The normalized spacial score (nSPS) is 11.8. The second kappa shape index (κ2) is 8.17. The molecule has 0 unspecified atom stereocenters. The summed E-state index contributed by atoms with van der Waals surface area (Å²) in [6.45, 7) is 14.6. The quantitative estimate of drug-likeness (QED) is 0.787. The molecule has 1 aromatic heterocycles. The lowest BCUT2D eigenvalue weighted by Crippen LogP contribution is -2.44. The summed E-state index contributed by atoms with van der Waals surface area (Å²) in [5.41, 5.74) is 0.682. The maximum Gasteiger partial charge on any atom is 0.410 e. The first kappa shape index (κ1) is 18.5. The summed E-state index contributed by atoms with van der Waals surface area (Å²) in [5, 5.41) is 7.59. The third kappa shape index (κ3) is 6.05. The van der Waals surface area contributed by atoms with E-state index < -0.39 is 5.60 Å². The van der Waals surface area contributed by atoms with E-state index in [2.05, 4.69) is 17.3 Å². The number of carbonyl (C=O) groups excluding carboxylic acids is 1. The van der Waals surface area contributed by atoms with E-state index in [9.17, 15) is 4.79 Å². The number of nitrogens with zero attached hydrogens (tertiary/aromatic N) is 3. The second-order valence-corrected chi connectivity index (χ2v) is 6.58. The summed E-state index contributed by atoms with van der Waals surface area (Å²) in [5.74, 6) is 0. The molecule has 22 heavy (non-hydrogen) atoms. The van der Waals surface area contributed by atoms with Gasteiger partial charge in [0.15, 0.2) is 0 Å². The van der Waals surface area contributed by atoms with Gasteiger partial charge in [0.25, 0.3) is 0 Å². The fourth-order valence-electron chi connectivity index (χ4n) is 2.09. The highest BCUT2D eigenvalue weighted by Crippen LogP contribution is 2.11. The summed E-state index contributed by atoms with van der Waals surface area (Å²) < 4.78 is 7.41. The smallest absolute Gasteiger partial charge is 0.410 e. The van der Waals surface area contributed by atoms with Crippen LogP contribution in [-0.4, -0.2) is 45.5 Å². The van der Waals surface area contributed by atoms with Crippen LogP contribution in [0.15, 0.2) is 12.3 Å². The Morgan fingerprint density at radius 2 is 2.14 bits per heavy atom. The molecule has 0 bridgehead atoms. The van der Waals surface area contributed by atoms with Gasteiger partial charge in [0, 0.05) is 38.4 Å². The first-order valence-corrected chi connectivity index (χ1v) is 7.95. The van der Waals surface area contributed by atoms with Crippen LogP contribution in [0, 0.1) is 0 Å². The highest BCUT2D eigenvalue weighted by Gasteiger charge is 2.23. The Morgan fingerprint density at radius 3 is 2.68 bits per heavy atom. The van der Waals surface area contributed by atoms with E-state index >= 15 is 0 Å². The van der Waals surface area contributed by atoms with Crippen LogP contribution in [0.2, 0.25) is 0 Å². The van der Waals surface area contributed by atoms with Gasteiger partial charge in [-0.05, 0) is 47.6 Å². The summed E-state index contributed by atoms with van der Waals surface area (Å²) in [6.07, 6.45) is 1.55. The molecule has 1 rings (SSSR count). The molecule has 1 aromatic rings. The predicted octanol–water partition coefficient (Wildman–Crippen LogP) is 2.64. The zero-order valence-corrected chi connectivity index (χ0v) is 14.7. The molecular weight excluding hydrogens is 280 g/mol. The molecule has 0 aliphatic rings. The average Bonchev–Trinajstić information content (AvgIpc) is 2.83. The first-order chi connectivity index (χ1) is 10.2. The number of aryl methyl sites for hydroxylation is 1. The number of hydrogen-bond donors (Lipinski definition) is 1. The first-order valence-electron chi connectivity index (χ1n) is 7.95. The summed E-state index contributed by atoms with van der Waals surface area (Å²) in [4.78, 5) is 13.9. The molecule has 0 saturated carbocycles. The van der Waals surface area contributed by atoms with Gasteiger partial charge in [-0.15, -0.1) is 0 Å². The molecule has 0 atom stereocenters. The number of ether oxygens (including phenoxy) is 1. The van der Waals surface area contributed by atoms with Crippen molar-refractivity contribution < 1.29 is 9.53 Å². The van der Waals surface area contributed by atoms with Crippen LogP contribution < -0.4 is 5.32 Å². The fourth-order valence-corrected chi connectivity index (χ4v) is 2.09. The molecule has 0 aliphatic heterocycles. The van der Waals surface area contributed by atoms with Crippen molar-refractivity contribution in [3.63, 3.8) is 0 Å². The SMILES string of the molecule is CCn1nccc1CNCCN(C(=O)OC(C)(C)C)C(C)C. The zero-order valence-electron chi connectivity index (χ0n) is 14.7. The van der Waals surface area contributed by atoms with Gasteiger partial charge in [-0.1, -0.05) is 0 Å². The van der Waals surface area contributed by atoms with Crippen molar-refractivity contribution in [3.8, 4) is 0 Å². The van der Waals surface area contributed by atoms with Gasteiger partial charge in [-0.3, -0.25) is 4.68 Å². The maximum absolute atomic E-state index is 12.2. The molecule has 1 heterocycles. The minimum atomic E-state index is -0.467. The molecule has 6 heteroatoms. The van der Waals surface area contributed by atoms with Gasteiger partial charge < -0.3 is 15.0 Å². The Bertz CT molecular complexity index is 463. The van der Waals surface area contributed by atoms with Crippen molar-refractivity contribution in [2.45, 2.75) is 66.3 Å². The molecule has 126 valence electrons. The van der Waals surface area contributed by atoms with Crippen LogP contribution in [0.25, 0.3) is 0 Å². The van der Waals surface area contributed by atoms with Crippen LogP contribution in [-0.2, 0) is 17.8 Å². The largest absolute Gasteiger partial charge is 0.444 e. The van der Waals surface area contributed by atoms with Gasteiger partial charge in [0.1, 0.15) is 5.60 Å². The van der Waals surface area contributed by atoms with E-state index in [1.165, 1.54) is 0 Å². The van der Waals surface area contributed by atoms with Gasteiger partial charge >= 0.3 is 6.09 Å². The topological polar surface area (TPSA) is 59.4 Å². The number of aromatic nitrogens is 2. The van der Waals surface area contributed by atoms with E-state index in [4.69, 9.17) is 4.74 Å². The van der Waals surface area contributed by atoms with Gasteiger partial charge in [-0.25, -0.2) is 4.79 Å². The molecule has 0 spiro atoms. The molecule has 1 amide bonds. The average molecular weight is 310 g/mol. The molecule has 0 radical (unpaired) electrons. The molecule has 0 aliphatic carbocycles. The second-order valence-electron chi connectivity index (χ2n) is 6.58. The van der Waals surface area contributed by atoms with Crippen molar-refractivity contribution in [2.24, 2.45) is 0 Å². The molecular formula is C16H30N4O2. The van der Waals surface area contributed by atoms with Crippen LogP contribution >= 0.6 is 0 Å². The van der Waals surface area contributed by atoms with Crippen molar-refractivity contribution in [1.29, 1.82) is 0 Å². The van der Waals surface area contributed by atoms with E-state index in [-0.39, 0.29) is 12.1 Å². The van der Waals surface area contributed by atoms with Crippen LogP contribution in [0.3, 0.4) is 0 Å². The number of carbonyl (C=O) groups is 1. The number of nitrogens with one attached hydrogen (secondary N) is 1. The number of rotatable bonds is 7. The number of hydrogen-bond acceptors (Lipinski definition) is 4. The Morgan fingerprint density at radius 1 is 1.45 bits per heavy atom. The lowest BCUT2D eigenvalue weighted by Gasteiger charge is -2.30. The zero-order chi connectivity index (χ0) is 16.8. The highest BCUT2D eigenvalue weighted by atomic mass is 16.6. The van der Waals surface area contributed by atoms with Gasteiger partial charge in [0.2, 0.25) is 0 Å². The van der Waals surface area contributed by atoms with E-state index in [1.807, 2.05) is 51.6 Å². The Labute approximate surface area is 133 Å². The minimum absolute atomic E-state index is 0.109. The Hall–Kier alpha value is -1.56. The van der Waals surface area contributed by atoms with Crippen molar-refractivity contribution in [1.82, 2.24) is 20.0 Å². The van der Waals surface area contributed by atoms with Crippen LogP contribution in [0.1, 0.15) is 47.2 Å². The standard InChI is InChI=1S/C16H30N4O2/c1-7-20-14(8-9-18-20)12-17-10-11-19(13(2)3)15(21)22-16(4,5)6/h8-9,13,17H,7,10-12H2,1-6H3. The molecule has 0 fully saturated rings. The highest BCUT2D eigenvalue weighted by molar-refractivity contribution is 5.68. The maximum atomic E-state index is 12.2. The summed E-state index contributed by atoms with van der Waals surface area (Å²) in [7, 11) is 0. The summed E-state index contributed by atoms with van der Waals surface area (Å²) in [6, 6.07) is 2.11. The van der Waals surface area contributed by atoms with Gasteiger partial charge in [0.05, 0.1) is 5.69 Å². The van der Waals surface area contributed by atoms with Crippen LogP contribution in [0.4, 0.5) is 4.79 Å². The lowest BCUT2D eigenvalue weighted by molar-refractivity contribution is 0.0193. The van der Waals surface area contributed by atoms with Crippen molar-refractivity contribution >= 4 is 6.09 Å². The van der Waals surface area contributed by atoms with E-state index in [0.717, 1.165) is 18.8 Å². The Balaban J connectivity index is 2.43. The molecule has 0 aromatic carbocycles.